The number of nitrogens with zero attached hydrogens (tertiary/aromatic N) is 2. The molecule has 0 heterocycles. The lowest BCUT2D eigenvalue weighted by atomic mass is 10.1. The van der Waals surface area contributed by atoms with Crippen molar-refractivity contribution in [2.45, 2.75) is 52.6 Å². The molecule has 2 amide bonds. The van der Waals surface area contributed by atoms with Crippen LogP contribution in [0.5, 0.6) is 0 Å². The predicted octanol–water partition coefficient (Wildman–Crippen LogP) is 5.44. The Bertz CT molecular complexity index is 1190. The Balaban J connectivity index is 2.48. The second kappa shape index (κ2) is 13.5. The molecule has 1 N–H and O–H groups in total. The summed E-state index contributed by atoms with van der Waals surface area (Å²) >= 11 is 18.5. The van der Waals surface area contributed by atoms with E-state index in [2.05, 4.69) is 5.32 Å². The number of halogens is 3. The first-order chi connectivity index (χ1) is 16.9. The minimum atomic E-state index is -3.86. The van der Waals surface area contributed by atoms with E-state index in [1.807, 2.05) is 6.92 Å². The summed E-state index contributed by atoms with van der Waals surface area (Å²) in [4.78, 5) is 28.2. The van der Waals surface area contributed by atoms with Crippen molar-refractivity contribution in [2.75, 3.05) is 23.7 Å². The molecule has 2 aromatic carbocycles. The summed E-state index contributed by atoms with van der Waals surface area (Å²) in [5.41, 5.74) is 1.51. The Hall–Kier alpha value is -2.00. The number of benzene rings is 2. The maximum atomic E-state index is 13.7. The molecule has 0 aliphatic carbocycles. The van der Waals surface area contributed by atoms with Crippen LogP contribution in [0.3, 0.4) is 0 Å². The molecule has 198 valence electrons. The van der Waals surface area contributed by atoms with Gasteiger partial charge in [-0.2, -0.15) is 0 Å². The van der Waals surface area contributed by atoms with E-state index in [1.165, 1.54) is 11.0 Å². The topological polar surface area (TPSA) is 86.8 Å². The van der Waals surface area contributed by atoms with Crippen LogP contribution in [0.25, 0.3) is 0 Å². The number of nitrogens with one attached hydrogen (secondary N) is 1. The molecule has 0 saturated heterocycles. The largest absolute Gasteiger partial charge is 0.354 e. The lowest BCUT2D eigenvalue weighted by Crippen LogP contribution is -2.52. The summed E-state index contributed by atoms with van der Waals surface area (Å²) in [5, 5.41) is 3.99. The maximum Gasteiger partial charge on any atom is 0.244 e. The zero-order chi connectivity index (χ0) is 27.0. The van der Waals surface area contributed by atoms with Gasteiger partial charge in [0.25, 0.3) is 0 Å². The summed E-state index contributed by atoms with van der Waals surface area (Å²) in [5.74, 6) is -0.863. The number of carbonyl (C=O) groups excluding carboxylic acids is 2. The molecular weight excluding hydrogens is 545 g/mol. The Morgan fingerprint density at radius 3 is 2.25 bits per heavy atom. The third kappa shape index (κ3) is 8.26. The van der Waals surface area contributed by atoms with Gasteiger partial charge in [0.15, 0.2) is 0 Å². The number of unbranched alkanes of at least 4 members (excludes halogenated alkanes) is 1. The first kappa shape index (κ1) is 30.2. The van der Waals surface area contributed by atoms with Gasteiger partial charge < -0.3 is 10.2 Å². The van der Waals surface area contributed by atoms with Crippen LogP contribution < -0.4 is 9.62 Å². The van der Waals surface area contributed by atoms with Crippen LogP contribution in [-0.4, -0.2) is 50.5 Å². The summed E-state index contributed by atoms with van der Waals surface area (Å²) < 4.78 is 26.5. The second-order valence-corrected chi connectivity index (χ2v) is 11.7. The third-order valence-electron chi connectivity index (χ3n) is 5.69. The average molecular weight is 577 g/mol. The molecule has 11 heteroatoms. The van der Waals surface area contributed by atoms with Gasteiger partial charge in [-0.1, -0.05) is 67.2 Å². The molecule has 0 saturated carbocycles. The van der Waals surface area contributed by atoms with Gasteiger partial charge in [-0.3, -0.25) is 13.9 Å². The van der Waals surface area contributed by atoms with Gasteiger partial charge >= 0.3 is 0 Å². The quantitative estimate of drug-likeness (QED) is 0.341. The van der Waals surface area contributed by atoms with Crippen molar-refractivity contribution < 1.29 is 18.0 Å². The molecule has 0 aromatic heterocycles. The highest BCUT2D eigenvalue weighted by atomic mass is 35.5. The van der Waals surface area contributed by atoms with Gasteiger partial charge in [-0.15, -0.1) is 0 Å². The van der Waals surface area contributed by atoms with E-state index < -0.39 is 28.5 Å². The Morgan fingerprint density at radius 2 is 1.67 bits per heavy atom. The highest BCUT2D eigenvalue weighted by Crippen LogP contribution is 2.28. The SMILES string of the molecule is CCCCNC(=O)[C@H](CC)N(Cc1ccc(Cl)cc1Cl)C(=O)CN(c1cc(Cl)ccc1C)S(C)(=O)=O. The molecule has 2 aromatic rings. The van der Waals surface area contributed by atoms with E-state index >= 15 is 0 Å². The van der Waals surface area contributed by atoms with E-state index in [9.17, 15) is 18.0 Å². The van der Waals surface area contributed by atoms with E-state index in [4.69, 9.17) is 34.8 Å². The van der Waals surface area contributed by atoms with Crippen LogP contribution in [0.1, 0.15) is 44.2 Å². The molecule has 0 aliphatic rings. The molecule has 7 nitrogen and oxygen atoms in total. The number of aryl methyl sites for hydroxylation is 1. The Morgan fingerprint density at radius 1 is 1.03 bits per heavy atom. The van der Waals surface area contributed by atoms with E-state index in [0.29, 0.717) is 44.8 Å². The van der Waals surface area contributed by atoms with Crippen molar-refractivity contribution in [2.24, 2.45) is 0 Å². The van der Waals surface area contributed by atoms with E-state index in [1.54, 1.807) is 44.2 Å². The summed E-state index contributed by atoms with van der Waals surface area (Å²) in [6.45, 7) is 5.51. The normalized spacial score (nSPS) is 12.2. The number of carbonyl (C=O) groups is 2. The lowest BCUT2D eigenvalue weighted by molar-refractivity contribution is -0.140. The van der Waals surface area contributed by atoms with Crippen molar-refractivity contribution in [1.82, 2.24) is 10.2 Å². The van der Waals surface area contributed by atoms with Crippen LogP contribution in [-0.2, 0) is 26.2 Å². The smallest absolute Gasteiger partial charge is 0.244 e. The minimum Gasteiger partial charge on any atom is -0.354 e. The third-order valence-corrected chi connectivity index (χ3v) is 7.64. The van der Waals surface area contributed by atoms with E-state index in [-0.39, 0.29) is 12.5 Å². The van der Waals surface area contributed by atoms with Crippen LogP contribution in [0.2, 0.25) is 15.1 Å². The van der Waals surface area contributed by atoms with Crippen molar-refractivity contribution >= 4 is 62.3 Å². The monoisotopic (exact) mass is 575 g/mol. The fraction of sp³-hybridized carbons (Fsp3) is 0.440. The van der Waals surface area contributed by atoms with Gasteiger partial charge in [-0.25, -0.2) is 8.42 Å². The molecule has 0 aliphatic heterocycles. The number of anilines is 1. The number of sulfonamides is 1. The van der Waals surface area contributed by atoms with Crippen LogP contribution in [0.4, 0.5) is 5.69 Å². The van der Waals surface area contributed by atoms with Crippen molar-refractivity contribution in [3.05, 3.63) is 62.6 Å². The average Bonchev–Trinajstić information content (AvgIpc) is 2.79. The molecule has 2 rings (SSSR count). The standard InChI is InChI=1S/C25H32Cl3N3O4S/c1-5-7-12-29-25(33)22(6-2)30(15-18-9-11-19(26)13-21(18)28)24(32)16-31(36(4,34)35)23-14-20(27)10-8-17(23)3/h8-11,13-14,22H,5-7,12,15-16H2,1-4H3,(H,29,33)/t22-/m0/s1. The molecular formula is C25H32Cl3N3O4S. The van der Waals surface area contributed by atoms with Crippen molar-refractivity contribution in [3.8, 4) is 0 Å². The van der Waals surface area contributed by atoms with Gasteiger partial charge in [-0.05, 0) is 55.2 Å². The fourth-order valence-electron chi connectivity index (χ4n) is 3.71. The van der Waals surface area contributed by atoms with Gasteiger partial charge in [0, 0.05) is 28.2 Å². The number of hydrogen-bond acceptors (Lipinski definition) is 4. The lowest BCUT2D eigenvalue weighted by Gasteiger charge is -2.33. The molecule has 0 unspecified atom stereocenters. The first-order valence-corrected chi connectivity index (χ1v) is 14.6. The molecule has 36 heavy (non-hydrogen) atoms. The Labute approximate surface area is 228 Å². The summed E-state index contributed by atoms with van der Waals surface area (Å²) in [6, 6.07) is 8.88. The zero-order valence-corrected chi connectivity index (χ0v) is 23.9. The first-order valence-electron chi connectivity index (χ1n) is 11.6. The van der Waals surface area contributed by atoms with Gasteiger partial charge in [0.1, 0.15) is 12.6 Å². The van der Waals surface area contributed by atoms with Crippen LogP contribution >= 0.6 is 34.8 Å². The molecule has 0 spiro atoms. The van der Waals surface area contributed by atoms with Gasteiger partial charge in [0.2, 0.25) is 21.8 Å². The van der Waals surface area contributed by atoms with Crippen molar-refractivity contribution in [3.63, 3.8) is 0 Å². The number of amides is 2. The maximum absolute atomic E-state index is 13.7. The summed E-state index contributed by atoms with van der Waals surface area (Å²) in [7, 11) is -3.86. The molecule has 0 bridgehead atoms. The number of hydrogen-bond donors (Lipinski definition) is 1. The van der Waals surface area contributed by atoms with Crippen LogP contribution in [0.15, 0.2) is 36.4 Å². The zero-order valence-electron chi connectivity index (χ0n) is 20.9. The number of rotatable bonds is 12. The fourth-order valence-corrected chi connectivity index (χ4v) is 5.24. The van der Waals surface area contributed by atoms with Gasteiger partial charge in [0.05, 0.1) is 11.9 Å². The van der Waals surface area contributed by atoms with Crippen LogP contribution in [0, 0.1) is 6.92 Å². The second-order valence-electron chi connectivity index (χ2n) is 8.53. The Kier molecular flexibility index (Phi) is 11.3. The van der Waals surface area contributed by atoms with E-state index in [0.717, 1.165) is 23.4 Å². The highest BCUT2D eigenvalue weighted by molar-refractivity contribution is 7.92. The molecule has 0 radical (unpaired) electrons. The van der Waals surface area contributed by atoms with Crippen molar-refractivity contribution in [1.29, 1.82) is 0 Å². The molecule has 0 fully saturated rings. The molecule has 1 atom stereocenters. The minimum absolute atomic E-state index is 0.000665. The summed E-state index contributed by atoms with van der Waals surface area (Å²) in [6.07, 6.45) is 3.05. The highest BCUT2D eigenvalue weighted by Gasteiger charge is 2.32. The predicted molar refractivity (Wildman–Crippen MR) is 147 cm³/mol.